The van der Waals surface area contributed by atoms with Crippen LogP contribution in [0.2, 0.25) is 0 Å². The first kappa shape index (κ1) is 22.8. The molecule has 1 fully saturated rings. The number of unbranched alkanes of at least 4 members (excludes halogenated alkanes) is 1. The number of hydrogen-bond donors (Lipinski definition) is 3. The van der Waals surface area contributed by atoms with E-state index in [1.165, 1.54) is 0 Å². The van der Waals surface area contributed by atoms with E-state index in [2.05, 4.69) is 22.9 Å². The minimum Gasteiger partial charge on any atom is -0.494 e. The fourth-order valence-corrected chi connectivity index (χ4v) is 3.12. The van der Waals surface area contributed by atoms with E-state index in [9.17, 15) is 9.59 Å². The minimum atomic E-state index is -0.229. The average molecular weight is 405 g/mol. The van der Waals surface area contributed by atoms with E-state index < -0.39 is 0 Å². The lowest BCUT2D eigenvalue weighted by atomic mass is 9.97. The molecule has 1 aliphatic rings. The lowest BCUT2D eigenvalue weighted by molar-refractivity contribution is 0.162. The van der Waals surface area contributed by atoms with E-state index >= 15 is 0 Å². The SMILES string of the molecule is CCCCOc1ccc(NC(=O)NCC2CCN(C(=O)NC(C)(C)C)CC2)cc1. The van der Waals surface area contributed by atoms with Crippen molar-refractivity contribution in [3.63, 3.8) is 0 Å². The van der Waals surface area contributed by atoms with Crippen molar-refractivity contribution >= 4 is 17.7 Å². The second-order valence-corrected chi connectivity index (χ2v) is 8.67. The Bertz CT molecular complexity index is 647. The van der Waals surface area contributed by atoms with Crippen molar-refractivity contribution in [2.45, 2.75) is 58.9 Å². The third kappa shape index (κ3) is 8.62. The zero-order valence-corrected chi connectivity index (χ0v) is 18.2. The Hall–Kier alpha value is -2.44. The second-order valence-electron chi connectivity index (χ2n) is 8.67. The van der Waals surface area contributed by atoms with Crippen LogP contribution in [0.1, 0.15) is 53.4 Å². The smallest absolute Gasteiger partial charge is 0.319 e. The van der Waals surface area contributed by atoms with Crippen molar-refractivity contribution in [1.29, 1.82) is 0 Å². The highest BCUT2D eigenvalue weighted by molar-refractivity contribution is 5.89. The normalized spacial score (nSPS) is 15.0. The Balaban J connectivity index is 1.66. The second kappa shape index (κ2) is 10.9. The topological polar surface area (TPSA) is 82.7 Å². The van der Waals surface area contributed by atoms with Gasteiger partial charge in [0.05, 0.1) is 6.61 Å². The summed E-state index contributed by atoms with van der Waals surface area (Å²) in [6.07, 6.45) is 3.91. The number of anilines is 1. The van der Waals surface area contributed by atoms with Crippen LogP contribution in [0.15, 0.2) is 24.3 Å². The summed E-state index contributed by atoms with van der Waals surface area (Å²) in [5.41, 5.74) is 0.506. The molecule has 3 N–H and O–H groups in total. The highest BCUT2D eigenvalue weighted by Gasteiger charge is 2.25. The Morgan fingerprint density at radius 1 is 1.14 bits per heavy atom. The summed E-state index contributed by atoms with van der Waals surface area (Å²) >= 11 is 0. The maximum Gasteiger partial charge on any atom is 0.319 e. The summed E-state index contributed by atoms with van der Waals surface area (Å²) in [5.74, 6) is 1.19. The Labute approximate surface area is 174 Å². The third-order valence-electron chi connectivity index (χ3n) is 4.81. The quantitative estimate of drug-likeness (QED) is 0.596. The number of hydrogen-bond acceptors (Lipinski definition) is 3. The molecular formula is C22H36N4O3. The van der Waals surface area contributed by atoms with Crippen molar-refractivity contribution in [3.8, 4) is 5.75 Å². The molecule has 1 aliphatic heterocycles. The highest BCUT2D eigenvalue weighted by atomic mass is 16.5. The van der Waals surface area contributed by atoms with Gasteiger partial charge in [-0.1, -0.05) is 13.3 Å². The van der Waals surface area contributed by atoms with E-state index in [0.717, 1.165) is 50.2 Å². The summed E-state index contributed by atoms with van der Waals surface area (Å²) in [5, 5.41) is 8.79. The van der Waals surface area contributed by atoms with Crippen LogP contribution >= 0.6 is 0 Å². The molecule has 29 heavy (non-hydrogen) atoms. The van der Waals surface area contributed by atoms with Crippen LogP contribution in [0.3, 0.4) is 0 Å². The van der Waals surface area contributed by atoms with Gasteiger partial charge in [-0.2, -0.15) is 0 Å². The van der Waals surface area contributed by atoms with Crippen LogP contribution in [0, 0.1) is 5.92 Å². The monoisotopic (exact) mass is 404 g/mol. The molecule has 4 amide bonds. The summed E-state index contributed by atoms with van der Waals surface area (Å²) in [4.78, 5) is 26.2. The average Bonchev–Trinajstić information content (AvgIpc) is 2.67. The zero-order chi connectivity index (χ0) is 21.3. The Morgan fingerprint density at radius 2 is 1.79 bits per heavy atom. The largest absolute Gasteiger partial charge is 0.494 e. The maximum atomic E-state index is 12.2. The van der Waals surface area contributed by atoms with Gasteiger partial charge < -0.3 is 25.6 Å². The predicted octanol–water partition coefficient (Wildman–Crippen LogP) is 4.21. The van der Waals surface area contributed by atoms with Gasteiger partial charge in [-0.15, -0.1) is 0 Å². The molecule has 1 aromatic rings. The summed E-state index contributed by atoms with van der Waals surface area (Å²) in [6, 6.07) is 7.19. The number of carbonyl (C=O) groups is 2. The van der Waals surface area contributed by atoms with Crippen LogP contribution < -0.4 is 20.7 Å². The molecule has 7 heteroatoms. The number of rotatable bonds is 7. The van der Waals surface area contributed by atoms with Crippen molar-refractivity contribution in [2.75, 3.05) is 31.6 Å². The molecule has 7 nitrogen and oxygen atoms in total. The third-order valence-corrected chi connectivity index (χ3v) is 4.81. The van der Waals surface area contributed by atoms with Crippen molar-refractivity contribution in [2.24, 2.45) is 5.92 Å². The molecule has 0 atom stereocenters. The van der Waals surface area contributed by atoms with Crippen molar-refractivity contribution in [3.05, 3.63) is 24.3 Å². The number of nitrogens with one attached hydrogen (secondary N) is 3. The van der Waals surface area contributed by atoms with Crippen LogP contribution in [0.5, 0.6) is 5.75 Å². The van der Waals surface area contributed by atoms with E-state index in [1.807, 2.05) is 49.9 Å². The molecule has 2 rings (SSSR count). The number of nitrogens with zero attached hydrogens (tertiary/aromatic N) is 1. The standard InChI is InChI=1S/C22H36N4O3/c1-5-6-15-29-19-9-7-18(8-10-19)24-20(27)23-16-17-11-13-26(14-12-17)21(28)25-22(2,3)4/h7-10,17H,5-6,11-16H2,1-4H3,(H,25,28)(H2,23,24,27). The molecule has 0 bridgehead atoms. The molecule has 0 radical (unpaired) electrons. The van der Waals surface area contributed by atoms with E-state index in [-0.39, 0.29) is 17.6 Å². The number of piperidine rings is 1. The first-order valence-corrected chi connectivity index (χ1v) is 10.6. The van der Waals surface area contributed by atoms with Gasteiger partial charge in [-0.25, -0.2) is 9.59 Å². The highest BCUT2D eigenvalue weighted by Crippen LogP contribution is 2.18. The molecule has 0 unspecified atom stereocenters. The van der Waals surface area contributed by atoms with Gasteiger partial charge in [-0.05, 0) is 70.2 Å². The lowest BCUT2D eigenvalue weighted by Crippen LogP contribution is -2.51. The molecular weight excluding hydrogens is 368 g/mol. The molecule has 0 saturated carbocycles. The molecule has 0 aromatic heterocycles. The minimum absolute atomic E-state index is 0.0104. The molecule has 162 valence electrons. The van der Waals surface area contributed by atoms with Crippen LogP contribution in [-0.2, 0) is 0 Å². The molecule has 0 spiro atoms. The molecule has 0 aliphatic carbocycles. The van der Waals surface area contributed by atoms with Gasteiger partial charge in [0.15, 0.2) is 0 Å². The van der Waals surface area contributed by atoms with Crippen molar-refractivity contribution < 1.29 is 14.3 Å². The van der Waals surface area contributed by atoms with E-state index in [4.69, 9.17) is 4.74 Å². The van der Waals surface area contributed by atoms with E-state index in [1.54, 1.807) is 0 Å². The maximum absolute atomic E-state index is 12.2. The predicted molar refractivity (Wildman–Crippen MR) is 116 cm³/mol. The number of ether oxygens (including phenoxy) is 1. The van der Waals surface area contributed by atoms with Gasteiger partial charge in [0.25, 0.3) is 0 Å². The zero-order valence-electron chi connectivity index (χ0n) is 18.2. The fraction of sp³-hybridized carbons (Fsp3) is 0.636. The number of urea groups is 2. The van der Waals surface area contributed by atoms with Crippen LogP contribution in [0.4, 0.5) is 15.3 Å². The number of benzene rings is 1. The number of likely N-dealkylation sites (tertiary alicyclic amines) is 1. The van der Waals surface area contributed by atoms with Gasteiger partial charge in [-0.3, -0.25) is 0 Å². The first-order chi connectivity index (χ1) is 13.8. The Kier molecular flexibility index (Phi) is 8.61. The molecule has 1 saturated heterocycles. The summed E-state index contributed by atoms with van der Waals surface area (Å²) < 4.78 is 5.62. The van der Waals surface area contributed by atoms with Gasteiger partial charge >= 0.3 is 12.1 Å². The number of carbonyl (C=O) groups excluding carboxylic acids is 2. The van der Waals surface area contributed by atoms with Crippen LogP contribution in [0.25, 0.3) is 0 Å². The fourth-order valence-electron chi connectivity index (χ4n) is 3.12. The summed E-state index contributed by atoms with van der Waals surface area (Å²) in [7, 11) is 0. The molecule has 1 aromatic carbocycles. The lowest BCUT2D eigenvalue weighted by Gasteiger charge is -2.34. The van der Waals surface area contributed by atoms with E-state index in [0.29, 0.717) is 19.1 Å². The number of amides is 4. The Morgan fingerprint density at radius 3 is 2.38 bits per heavy atom. The summed E-state index contributed by atoms with van der Waals surface area (Å²) in [6.45, 7) is 10.8. The first-order valence-electron chi connectivity index (χ1n) is 10.6. The van der Waals surface area contributed by atoms with Crippen molar-refractivity contribution in [1.82, 2.24) is 15.5 Å². The van der Waals surface area contributed by atoms with Gasteiger partial charge in [0.1, 0.15) is 5.75 Å². The van der Waals surface area contributed by atoms with Gasteiger partial charge in [0.2, 0.25) is 0 Å². The van der Waals surface area contributed by atoms with Crippen LogP contribution in [-0.4, -0.2) is 48.7 Å². The molecule has 1 heterocycles. The van der Waals surface area contributed by atoms with Gasteiger partial charge in [0, 0.05) is 30.9 Å².